The highest BCUT2D eigenvalue weighted by Gasteiger charge is 2.80. The summed E-state index contributed by atoms with van der Waals surface area (Å²) < 4.78 is 0. The Labute approximate surface area is 206 Å². The van der Waals surface area contributed by atoms with E-state index in [0.29, 0.717) is 17.8 Å². The Morgan fingerprint density at radius 1 is 1.09 bits per heavy atom. The molecule has 4 fully saturated rings. The molecule has 0 radical (unpaired) electrons. The van der Waals surface area contributed by atoms with Crippen molar-refractivity contribution in [3.8, 4) is 0 Å². The number of allylic oxidation sites excluding steroid dienone is 2. The van der Waals surface area contributed by atoms with E-state index in [1.54, 1.807) is 0 Å². The lowest BCUT2D eigenvalue weighted by Crippen LogP contribution is -2.54. The zero-order chi connectivity index (χ0) is 24.9. The average molecular weight is 473 g/mol. The summed E-state index contributed by atoms with van der Waals surface area (Å²) in [7, 11) is 0. The van der Waals surface area contributed by atoms with Crippen LogP contribution in [0.5, 0.6) is 0 Å². The lowest BCUT2D eigenvalue weighted by atomic mass is 9.43. The molecule has 4 nitrogen and oxygen atoms in total. The van der Waals surface area contributed by atoms with Crippen molar-refractivity contribution in [1.82, 2.24) is 0 Å². The molecule has 0 aliphatic heterocycles. The molecule has 4 aliphatic carbocycles. The Bertz CT molecular complexity index is 843. The van der Waals surface area contributed by atoms with Crippen molar-refractivity contribution in [2.45, 2.75) is 98.3 Å². The van der Waals surface area contributed by atoms with Crippen LogP contribution in [0, 0.1) is 45.3 Å². The molecule has 0 aromatic heterocycles. The molecular formula is C30H48O4. The van der Waals surface area contributed by atoms with Gasteiger partial charge in [-0.2, -0.15) is 0 Å². The summed E-state index contributed by atoms with van der Waals surface area (Å²) in [6.07, 6.45) is 13.4. The number of rotatable bonds is 10. The van der Waals surface area contributed by atoms with Gasteiger partial charge in [-0.15, -0.1) is 0 Å². The van der Waals surface area contributed by atoms with Crippen molar-refractivity contribution in [2.24, 2.45) is 45.3 Å². The molecule has 0 amide bonds. The first-order chi connectivity index (χ1) is 16.0. The minimum Gasteiger partial charge on any atom is -0.481 e. The third kappa shape index (κ3) is 3.65. The number of carboxylic acids is 1. The van der Waals surface area contributed by atoms with Gasteiger partial charge in [-0.3, -0.25) is 4.79 Å². The highest BCUT2D eigenvalue weighted by Crippen LogP contribution is 2.87. The zero-order valence-electron chi connectivity index (χ0n) is 22.0. The van der Waals surface area contributed by atoms with Crippen LogP contribution in [0.25, 0.3) is 0 Å². The fraction of sp³-hybridized carbons (Fsp3) is 0.833. The van der Waals surface area contributed by atoms with Crippen molar-refractivity contribution >= 4 is 5.97 Å². The van der Waals surface area contributed by atoms with Crippen LogP contribution in [-0.4, -0.2) is 34.5 Å². The number of fused-ring (bicyclic) bond motifs is 2. The normalized spacial score (nSPS) is 43.3. The Balaban J connectivity index is 1.62. The number of carboxylic acid groups (broad SMARTS) is 1. The minimum absolute atomic E-state index is 0.0103. The molecule has 4 heteroatoms. The summed E-state index contributed by atoms with van der Waals surface area (Å²) in [4.78, 5) is 11.6. The lowest BCUT2D eigenvalue weighted by molar-refractivity contribution is -0.139. The van der Waals surface area contributed by atoms with E-state index in [0.717, 1.165) is 37.7 Å². The van der Waals surface area contributed by atoms with Crippen LogP contribution in [-0.2, 0) is 4.79 Å². The van der Waals surface area contributed by atoms with Gasteiger partial charge in [0.05, 0.1) is 6.61 Å². The van der Waals surface area contributed by atoms with Crippen LogP contribution in [0.3, 0.4) is 0 Å². The van der Waals surface area contributed by atoms with E-state index in [-0.39, 0.29) is 47.2 Å². The van der Waals surface area contributed by atoms with Crippen LogP contribution in [0.2, 0.25) is 0 Å². The molecule has 0 heterocycles. The largest absolute Gasteiger partial charge is 0.481 e. The second-order valence-corrected chi connectivity index (χ2v) is 13.2. The predicted octanol–water partition coefficient (Wildman–Crippen LogP) is 6.37. The van der Waals surface area contributed by atoms with Crippen LogP contribution in [0.1, 0.15) is 98.3 Å². The summed E-state index contributed by atoms with van der Waals surface area (Å²) in [5, 5.41) is 29.9. The quantitative estimate of drug-likeness (QED) is 0.323. The number of carbonyl (C=O) groups is 1. The fourth-order valence-corrected chi connectivity index (χ4v) is 10.1. The average Bonchev–Trinajstić information content (AvgIpc) is 3.39. The first-order valence-electron chi connectivity index (χ1n) is 13.8. The summed E-state index contributed by atoms with van der Waals surface area (Å²) in [5.41, 5.74) is 2.95. The Kier molecular flexibility index (Phi) is 6.92. The van der Waals surface area contributed by atoms with Crippen LogP contribution < -0.4 is 0 Å². The Morgan fingerprint density at radius 3 is 2.44 bits per heavy atom. The molecule has 3 N–H and O–H groups in total. The van der Waals surface area contributed by atoms with Crippen molar-refractivity contribution in [1.29, 1.82) is 0 Å². The molecule has 0 aromatic carbocycles. The zero-order valence-corrected chi connectivity index (χ0v) is 22.0. The maximum absolute atomic E-state index is 11.6. The predicted molar refractivity (Wildman–Crippen MR) is 136 cm³/mol. The van der Waals surface area contributed by atoms with Crippen molar-refractivity contribution in [3.63, 3.8) is 0 Å². The van der Waals surface area contributed by atoms with Gasteiger partial charge in [-0.05, 0) is 129 Å². The summed E-state index contributed by atoms with van der Waals surface area (Å²) in [6, 6.07) is 0. The summed E-state index contributed by atoms with van der Waals surface area (Å²) >= 11 is 0. The van der Waals surface area contributed by atoms with Gasteiger partial charge in [0, 0.05) is 13.0 Å². The van der Waals surface area contributed by atoms with E-state index < -0.39 is 5.97 Å². The fourth-order valence-electron chi connectivity index (χ4n) is 10.1. The van der Waals surface area contributed by atoms with Crippen molar-refractivity contribution in [3.05, 3.63) is 23.8 Å². The van der Waals surface area contributed by atoms with E-state index in [1.165, 1.54) is 37.7 Å². The Morgan fingerprint density at radius 2 is 1.82 bits per heavy atom. The lowest BCUT2D eigenvalue weighted by Gasteiger charge is -2.61. The first kappa shape index (κ1) is 25.9. The number of aliphatic carboxylic acids is 1. The van der Waals surface area contributed by atoms with Gasteiger partial charge in [0.25, 0.3) is 0 Å². The number of aliphatic hydroxyl groups excluding tert-OH is 2. The molecule has 192 valence electrons. The second-order valence-electron chi connectivity index (χ2n) is 13.2. The van der Waals surface area contributed by atoms with Gasteiger partial charge < -0.3 is 15.3 Å². The SMILES string of the molecule is C=C(CO)[C@H]1CC[C@H]2[C@@]3(CC[C@]4(C)[C@@H]([C@@H](CO)CCC=C(C)C)CC[C@@]24C)C[C@@]13CCC(=O)O. The van der Waals surface area contributed by atoms with Gasteiger partial charge in [0.15, 0.2) is 0 Å². The van der Waals surface area contributed by atoms with Crippen molar-refractivity contribution < 1.29 is 20.1 Å². The maximum atomic E-state index is 11.6. The van der Waals surface area contributed by atoms with Gasteiger partial charge in [0.2, 0.25) is 0 Å². The smallest absolute Gasteiger partial charge is 0.303 e. The molecule has 4 saturated carbocycles. The van der Waals surface area contributed by atoms with Gasteiger partial charge in [0.1, 0.15) is 0 Å². The first-order valence-corrected chi connectivity index (χ1v) is 13.8. The third-order valence-corrected chi connectivity index (χ3v) is 11.9. The molecule has 0 bridgehead atoms. The van der Waals surface area contributed by atoms with E-state index >= 15 is 0 Å². The molecule has 8 atom stereocenters. The van der Waals surface area contributed by atoms with E-state index in [1.807, 2.05) is 0 Å². The topological polar surface area (TPSA) is 77.8 Å². The molecule has 4 rings (SSSR count). The van der Waals surface area contributed by atoms with Crippen molar-refractivity contribution in [2.75, 3.05) is 13.2 Å². The number of aliphatic hydroxyl groups is 2. The molecular weight excluding hydrogens is 424 g/mol. The number of hydrogen-bond donors (Lipinski definition) is 3. The summed E-state index contributed by atoms with van der Waals surface area (Å²) in [6.45, 7) is 13.9. The van der Waals surface area contributed by atoms with Crippen LogP contribution in [0.15, 0.2) is 23.8 Å². The standard InChI is InChI=1S/C30H48O4/c1-20(2)7-6-8-22(18-32)24-11-13-28(5)25-10-9-23(21(3)17-31)29(14-12-26(33)34)19-30(25,29)16-15-27(24,28)4/h7,22-25,31-32H,3,6,8-19H2,1-2,4-5H3,(H,33,34)/t22-,23-,24-,25-,27-,28+,29+,30-/m1/s1. The molecule has 0 aromatic rings. The monoisotopic (exact) mass is 472 g/mol. The summed E-state index contributed by atoms with van der Waals surface area (Å²) in [5.74, 6) is 1.08. The highest BCUT2D eigenvalue weighted by atomic mass is 16.4. The highest BCUT2D eigenvalue weighted by molar-refractivity contribution is 5.67. The van der Waals surface area contributed by atoms with Gasteiger partial charge >= 0.3 is 5.97 Å². The minimum atomic E-state index is -0.707. The van der Waals surface area contributed by atoms with E-state index in [4.69, 9.17) is 0 Å². The van der Waals surface area contributed by atoms with E-state index in [9.17, 15) is 20.1 Å². The molecule has 1 spiro atoms. The second kappa shape index (κ2) is 9.07. The van der Waals surface area contributed by atoms with Crippen LogP contribution in [0.4, 0.5) is 0 Å². The molecule has 0 saturated heterocycles. The third-order valence-electron chi connectivity index (χ3n) is 11.9. The van der Waals surface area contributed by atoms with Gasteiger partial charge in [-0.25, -0.2) is 0 Å². The molecule has 0 unspecified atom stereocenters. The van der Waals surface area contributed by atoms with E-state index in [2.05, 4.69) is 40.3 Å². The van der Waals surface area contributed by atoms with Gasteiger partial charge in [-0.1, -0.05) is 32.1 Å². The molecule has 34 heavy (non-hydrogen) atoms. The number of hydrogen-bond acceptors (Lipinski definition) is 3. The van der Waals surface area contributed by atoms with Crippen LogP contribution >= 0.6 is 0 Å². The maximum Gasteiger partial charge on any atom is 0.303 e. The molecule has 4 aliphatic rings. The Hall–Kier alpha value is -1.13.